The number of aliphatic imine (C=N–C) groups is 1. The number of hydrogen-bond donors (Lipinski definition) is 1. The minimum absolute atomic E-state index is 0.166. The SMILES string of the molecule is CCCCSC1=NC(=Cc2ccco2)C(=O)N1. The Bertz CT molecular complexity index is 449. The average molecular weight is 250 g/mol. The average Bonchev–Trinajstić information content (AvgIpc) is 2.91. The standard InChI is InChI=1S/C12H14N2O2S/c1-2-3-7-17-12-13-10(11(15)14-12)8-9-5-4-6-16-9/h4-6,8H,2-3,7H2,1H3,(H,13,14,15). The fourth-order valence-electron chi connectivity index (χ4n) is 1.34. The Morgan fingerprint density at radius 3 is 3.18 bits per heavy atom. The normalized spacial score (nSPS) is 17.4. The van der Waals surface area contributed by atoms with E-state index < -0.39 is 0 Å². The Kier molecular flexibility index (Phi) is 4.03. The highest BCUT2D eigenvalue weighted by atomic mass is 32.2. The quantitative estimate of drug-likeness (QED) is 0.660. The summed E-state index contributed by atoms with van der Waals surface area (Å²) in [4.78, 5) is 15.8. The number of amidine groups is 1. The molecule has 1 aliphatic rings. The van der Waals surface area contributed by atoms with Gasteiger partial charge in [-0.3, -0.25) is 10.1 Å². The zero-order valence-corrected chi connectivity index (χ0v) is 10.4. The monoisotopic (exact) mass is 250 g/mol. The molecule has 90 valence electrons. The van der Waals surface area contributed by atoms with Crippen molar-refractivity contribution in [1.82, 2.24) is 5.32 Å². The molecule has 0 spiro atoms. The van der Waals surface area contributed by atoms with E-state index in [1.54, 1.807) is 36.2 Å². The van der Waals surface area contributed by atoms with Gasteiger partial charge in [-0.2, -0.15) is 0 Å². The molecule has 0 atom stereocenters. The van der Waals surface area contributed by atoms with E-state index in [-0.39, 0.29) is 5.91 Å². The number of thioether (sulfide) groups is 1. The van der Waals surface area contributed by atoms with Crippen LogP contribution in [0.5, 0.6) is 0 Å². The molecule has 2 rings (SSSR count). The van der Waals surface area contributed by atoms with Crippen LogP contribution in [-0.4, -0.2) is 16.8 Å². The van der Waals surface area contributed by atoms with Crippen molar-refractivity contribution >= 4 is 28.9 Å². The van der Waals surface area contributed by atoms with Crippen LogP contribution in [-0.2, 0) is 4.79 Å². The first kappa shape index (κ1) is 12.0. The maximum absolute atomic E-state index is 11.6. The van der Waals surface area contributed by atoms with Crippen molar-refractivity contribution in [2.75, 3.05) is 5.75 Å². The van der Waals surface area contributed by atoms with Gasteiger partial charge in [-0.05, 0) is 18.6 Å². The van der Waals surface area contributed by atoms with E-state index in [0.717, 1.165) is 18.6 Å². The Balaban J connectivity index is 2.01. The molecule has 0 aliphatic carbocycles. The molecule has 1 amide bonds. The first-order valence-electron chi connectivity index (χ1n) is 5.57. The Morgan fingerprint density at radius 1 is 1.59 bits per heavy atom. The summed E-state index contributed by atoms with van der Waals surface area (Å²) in [6.07, 6.45) is 5.47. The molecule has 0 unspecified atom stereocenters. The van der Waals surface area contributed by atoms with E-state index in [9.17, 15) is 4.79 Å². The summed E-state index contributed by atoms with van der Waals surface area (Å²) in [5.41, 5.74) is 0.402. The molecule has 4 nitrogen and oxygen atoms in total. The van der Waals surface area contributed by atoms with Gasteiger partial charge in [-0.25, -0.2) is 4.99 Å². The largest absolute Gasteiger partial charge is 0.465 e. The first-order valence-corrected chi connectivity index (χ1v) is 6.56. The van der Waals surface area contributed by atoms with Crippen molar-refractivity contribution < 1.29 is 9.21 Å². The van der Waals surface area contributed by atoms with Gasteiger partial charge in [-0.15, -0.1) is 0 Å². The molecule has 1 aromatic heterocycles. The van der Waals surface area contributed by atoms with Crippen molar-refractivity contribution in [3.63, 3.8) is 0 Å². The zero-order valence-electron chi connectivity index (χ0n) is 9.60. The third-order valence-corrected chi connectivity index (χ3v) is 3.19. The van der Waals surface area contributed by atoms with Crippen molar-refractivity contribution in [3.05, 3.63) is 29.9 Å². The van der Waals surface area contributed by atoms with Crippen LogP contribution in [0.3, 0.4) is 0 Å². The van der Waals surface area contributed by atoms with Gasteiger partial charge in [-0.1, -0.05) is 25.1 Å². The molecule has 0 fully saturated rings. The van der Waals surface area contributed by atoms with Gasteiger partial charge in [0.15, 0.2) is 5.17 Å². The maximum Gasteiger partial charge on any atom is 0.276 e. The first-order chi connectivity index (χ1) is 8.29. The molecule has 17 heavy (non-hydrogen) atoms. The van der Waals surface area contributed by atoms with Crippen molar-refractivity contribution in [3.8, 4) is 0 Å². The number of rotatable bonds is 4. The fraction of sp³-hybridized carbons (Fsp3) is 0.333. The topological polar surface area (TPSA) is 54.6 Å². The third-order valence-electron chi connectivity index (χ3n) is 2.23. The van der Waals surface area contributed by atoms with Crippen LogP contribution in [0.25, 0.3) is 6.08 Å². The smallest absolute Gasteiger partial charge is 0.276 e. The molecule has 1 aromatic rings. The number of furan rings is 1. The zero-order chi connectivity index (χ0) is 12.1. The number of nitrogens with one attached hydrogen (secondary N) is 1. The van der Waals surface area contributed by atoms with E-state index >= 15 is 0 Å². The lowest BCUT2D eigenvalue weighted by molar-refractivity contribution is -0.115. The fourth-order valence-corrected chi connectivity index (χ4v) is 2.29. The number of unbranched alkanes of at least 4 members (excludes halogenated alkanes) is 1. The van der Waals surface area contributed by atoms with Gasteiger partial charge in [0.1, 0.15) is 11.5 Å². The van der Waals surface area contributed by atoms with Gasteiger partial charge in [0.2, 0.25) is 0 Å². The second kappa shape index (κ2) is 5.72. The molecule has 1 aliphatic heterocycles. The molecule has 5 heteroatoms. The molecule has 0 aromatic carbocycles. The molecule has 0 saturated heterocycles. The molecule has 1 N–H and O–H groups in total. The molecule has 0 saturated carbocycles. The lowest BCUT2D eigenvalue weighted by Gasteiger charge is -1.97. The van der Waals surface area contributed by atoms with E-state index in [2.05, 4.69) is 17.2 Å². The summed E-state index contributed by atoms with van der Waals surface area (Å²) in [7, 11) is 0. The number of carbonyl (C=O) groups excluding carboxylic acids is 1. The van der Waals surface area contributed by atoms with Crippen LogP contribution in [0, 0.1) is 0 Å². The number of nitrogens with zero attached hydrogens (tertiary/aromatic N) is 1. The molecule has 2 heterocycles. The van der Waals surface area contributed by atoms with Crippen LogP contribution in [0.4, 0.5) is 0 Å². The predicted octanol–water partition coefficient (Wildman–Crippen LogP) is 2.64. The lowest BCUT2D eigenvalue weighted by atomic mass is 10.3. The Morgan fingerprint density at radius 2 is 2.47 bits per heavy atom. The summed E-state index contributed by atoms with van der Waals surface area (Å²) in [6, 6.07) is 3.57. The van der Waals surface area contributed by atoms with Crippen LogP contribution in [0.2, 0.25) is 0 Å². The summed E-state index contributed by atoms with van der Waals surface area (Å²) in [6.45, 7) is 2.14. The van der Waals surface area contributed by atoms with Gasteiger partial charge in [0, 0.05) is 11.8 Å². The van der Waals surface area contributed by atoms with Crippen molar-refractivity contribution in [2.45, 2.75) is 19.8 Å². The van der Waals surface area contributed by atoms with Gasteiger partial charge >= 0.3 is 0 Å². The number of hydrogen-bond acceptors (Lipinski definition) is 4. The molecular weight excluding hydrogens is 236 g/mol. The summed E-state index contributed by atoms with van der Waals surface area (Å²) in [5.74, 6) is 1.45. The third kappa shape index (κ3) is 3.23. The minimum atomic E-state index is -0.166. The van der Waals surface area contributed by atoms with Gasteiger partial charge in [0.05, 0.1) is 6.26 Å². The second-order valence-electron chi connectivity index (χ2n) is 3.62. The predicted molar refractivity (Wildman–Crippen MR) is 69.6 cm³/mol. The van der Waals surface area contributed by atoms with Gasteiger partial charge < -0.3 is 4.42 Å². The lowest BCUT2D eigenvalue weighted by Crippen LogP contribution is -2.21. The minimum Gasteiger partial charge on any atom is -0.465 e. The van der Waals surface area contributed by atoms with Crippen LogP contribution >= 0.6 is 11.8 Å². The summed E-state index contributed by atoms with van der Waals surface area (Å²) < 4.78 is 5.15. The highest BCUT2D eigenvalue weighted by Crippen LogP contribution is 2.17. The number of carbonyl (C=O) groups is 1. The highest BCUT2D eigenvalue weighted by Gasteiger charge is 2.20. The van der Waals surface area contributed by atoms with Crippen LogP contribution in [0.1, 0.15) is 25.5 Å². The molecule has 0 radical (unpaired) electrons. The van der Waals surface area contributed by atoms with E-state index in [1.807, 2.05) is 0 Å². The van der Waals surface area contributed by atoms with Crippen molar-refractivity contribution in [2.24, 2.45) is 4.99 Å². The highest BCUT2D eigenvalue weighted by molar-refractivity contribution is 8.13. The Labute approximate surface area is 104 Å². The van der Waals surface area contributed by atoms with E-state index in [4.69, 9.17) is 4.42 Å². The van der Waals surface area contributed by atoms with Gasteiger partial charge in [0.25, 0.3) is 5.91 Å². The van der Waals surface area contributed by atoms with E-state index in [1.165, 1.54) is 0 Å². The summed E-state index contributed by atoms with van der Waals surface area (Å²) >= 11 is 1.58. The van der Waals surface area contributed by atoms with Crippen LogP contribution in [0.15, 0.2) is 33.5 Å². The second-order valence-corrected chi connectivity index (χ2v) is 4.70. The number of amides is 1. The van der Waals surface area contributed by atoms with Crippen LogP contribution < -0.4 is 5.32 Å². The summed E-state index contributed by atoms with van der Waals surface area (Å²) in [5, 5.41) is 3.42. The van der Waals surface area contributed by atoms with E-state index in [0.29, 0.717) is 16.6 Å². The van der Waals surface area contributed by atoms with Crippen molar-refractivity contribution in [1.29, 1.82) is 0 Å². The Hall–Kier alpha value is -1.49. The molecule has 0 bridgehead atoms. The molecular formula is C12H14N2O2S. The maximum atomic E-state index is 11.6.